The van der Waals surface area contributed by atoms with Gasteiger partial charge in [0.15, 0.2) is 12.6 Å². The van der Waals surface area contributed by atoms with Gasteiger partial charge in [0.05, 0.1) is 73.2 Å². The molecule has 3 fully saturated rings. The van der Waals surface area contributed by atoms with Gasteiger partial charge in [0, 0.05) is 44.4 Å². The van der Waals surface area contributed by atoms with Gasteiger partial charge in [-0.1, -0.05) is 32.9 Å². The van der Waals surface area contributed by atoms with Crippen LogP contribution in [0.25, 0.3) is 0 Å². The molecular formula is C41H76N2O16. The number of esters is 1. The lowest BCUT2D eigenvalue weighted by Gasteiger charge is -2.49. The largest absolute Gasteiger partial charge is 0.459 e. The van der Waals surface area contributed by atoms with Crippen molar-refractivity contribution < 1.29 is 78.2 Å². The highest BCUT2D eigenvalue weighted by Crippen LogP contribution is 2.41. The Morgan fingerprint density at radius 1 is 0.915 bits per heavy atom. The zero-order valence-corrected chi connectivity index (χ0v) is 37.5. The number of nitrogens with zero attached hydrogens (tertiary/aromatic N) is 2. The standard InChI is InChI=1S/C41H76N2O16/c1-14-29-41(9,50)34(46)23(3)31(42-54-21-53-16-15-51-12)22(2)18-39(7,49)36(59-38-32(45)28(43(10)11)17-27(20-44)56-38)24(4)33(25(5)37(48)57-29)58-30-19-40(8,52-13)35(47)26(6)55-30/h22-30,32-36,38,44-47,49-50H,14-21H2,1-13H3/b42-31+/t22-,23+,24+,25-,26+,27+,28+,29-,30+,32-,33+,34-,35+,36-,38+,39-,40-,41-/m1/s1. The highest BCUT2D eigenvalue weighted by atomic mass is 16.7. The van der Waals surface area contributed by atoms with Crippen molar-refractivity contribution in [3.8, 4) is 0 Å². The molecule has 0 bridgehead atoms. The molecule has 6 N–H and O–H groups in total. The fourth-order valence-electron chi connectivity index (χ4n) is 8.94. The average Bonchev–Trinajstić information content (AvgIpc) is 3.18. The van der Waals surface area contributed by atoms with Crippen LogP contribution in [0, 0.1) is 23.7 Å². The molecule has 346 valence electrons. The molecule has 0 aliphatic carbocycles. The minimum absolute atomic E-state index is 0.0669. The van der Waals surface area contributed by atoms with E-state index in [-0.39, 0.29) is 45.0 Å². The number of aliphatic hydroxyl groups is 6. The van der Waals surface area contributed by atoms with Crippen molar-refractivity contribution in [2.75, 3.05) is 54.9 Å². The van der Waals surface area contributed by atoms with Crippen LogP contribution in [-0.4, -0.2) is 186 Å². The molecule has 3 rings (SSSR count). The van der Waals surface area contributed by atoms with Crippen LogP contribution in [0.3, 0.4) is 0 Å². The van der Waals surface area contributed by atoms with Gasteiger partial charge in [-0.2, -0.15) is 0 Å². The number of carbonyl (C=O) groups is 1. The van der Waals surface area contributed by atoms with Gasteiger partial charge in [0.1, 0.15) is 23.9 Å². The molecule has 3 saturated heterocycles. The molecule has 0 saturated carbocycles. The number of aliphatic hydroxyl groups excluding tert-OH is 4. The summed E-state index contributed by atoms with van der Waals surface area (Å²) in [5.41, 5.74) is -4.63. The third-order valence-electron chi connectivity index (χ3n) is 12.7. The number of ether oxygens (including phenoxy) is 8. The van der Waals surface area contributed by atoms with Crippen LogP contribution in [0.2, 0.25) is 0 Å². The van der Waals surface area contributed by atoms with Gasteiger partial charge < -0.3 is 78.3 Å². The zero-order chi connectivity index (χ0) is 44.6. The summed E-state index contributed by atoms with van der Waals surface area (Å²) in [4.78, 5) is 21.7. The molecule has 0 radical (unpaired) electrons. The predicted octanol–water partition coefficient (Wildman–Crippen LogP) is 1.18. The molecule has 0 aromatic heterocycles. The minimum atomic E-state index is -1.99. The van der Waals surface area contributed by atoms with E-state index in [4.69, 9.17) is 42.7 Å². The van der Waals surface area contributed by atoms with Crippen molar-refractivity contribution in [2.45, 2.75) is 172 Å². The first-order valence-corrected chi connectivity index (χ1v) is 20.9. The second-order valence-corrected chi connectivity index (χ2v) is 17.7. The Bertz CT molecular complexity index is 1320. The van der Waals surface area contributed by atoms with E-state index in [9.17, 15) is 35.4 Å². The number of hydrogen-bond donors (Lipinski definition) is 6. The van der Waals surface area contributed by atoms with Crippen LogP contribution in [0.5, 0.6) is 0 Å². The third-order valence-corrected chi connectivity index (χ3v) is 12.7. The van der Waals surface area contributed by atoms with E-state index in [1.54, 1.807) is 69.5 Å². The lowest BCUT2D eigenvalue weighted by Crippen LogP contribution is -2.61. The van der Waals surface area contributed by atoms with Gasteiger partial charge in [-0.3, -0.25) is 4.79 Å². The maximum Gasteiger partial charge on any atom is 0.311 e. The smallest absolute Gasteiger partial charge is 0.311 e. The molecule has 3 aliphatic heterocycles. The summed E-state index contributed by atoms with van der Waals surface area (Å²) in [5, 5.41) is 73.8. The number of cyclic esters (lactones) is 1. The first-order chi connectivity index (χ1) is 27.5. The van der Waals surface area contributed by atoms with Crippen LogP contribution in [-0.2, 0) is 47.5 Å². The quantitative estimate of drug-likeness (QED) is 0.0623. The summed E-state index contributed by atoms with van der Waals surface area (Å²) in [6.45, 7) is 14.8. The number of oxime groups is 1. The van der Waals surface area contributed by atoms with E-state index in [0.717, 1.165) is 0 Å². The van der Waals surface area contributed by atoms with E-state index < -0.39 is 114 Å². The highest BCUT2D eigenvalue weighted by molar-refractivity contribution is 5.88. The van der Waals surface area contributed by atoms with Gasteiger partial charge in [-0.25, -0.2) is 0 Å². The molecule has 3 heterocycles. The van der Waals surface area contributed by atoms with Crippen LogP contribution in [0.4, 0.5) is 0 Å². The second kappa shape index (κ2) is 22.1. The van der Waals surface area contributed by atoms with Crippen LogP contribution in [0.1, 0.15) is 88.0 Å². The van der Waals surface area contributed by atoms with E-state index in [0.29, 0.717) is 13.0 Å². The number of carbonyl (C=O) groups excluding carboxylic acids is 1. The molecule has 0 spiro atoms. The summed E-state index contributed by atoms with van der Waals surface area (Å²) in [7, 11) is 6.60. The van der Waals surface area contributed by atoms with Crippen molar-refractivity contribution in [1.82, 2.24) is 4.90 Å². The van der Waals surface area contributed by atoms with Gasteiger partial charge in [0.25, 0.3) is 0 Å². The summed E-state index contributed by atoms with van der Waals surface area (Å²) in [6.07, 6.45) is -10.7. The number of likely N-dealkylation sites (N-methyl/N-ethyl adjacent to an activating group) is 1. The lowest BCUT2D eigenvalue weighted by atomic mass is 9.73. The first-order valence-electron chi connectivity index (χ1n) is 20.9. The Morgan fingerprint density at radius 3 is 2.15 bits per heavy atom. The lowest BCUT2D eigenvalue weighted by molar-refractivity contribution is -0.320. The number of methoxy groups -OCH3 is 2. The van der Waals surface area contributed by atoms with Gasteiger partial charge in [-0.05, 0) is 68.0 Å². The zero-order valence-electron chi connectivity index (χ0n) is 37.5. The number of hydrogen-bond acceptors (Lipinski definition) is 18. The fraction of sp³-hybridized carbons (Fsp3) is 0.951. The van der Waals surface area contributed by atoms with Crippen LogP contribution >= 0.6 is 0 Å². The predicted molar refractivity (Wildman–Crippen MR) is 214 cm³/mol. The van der Waals surface area contributed by atoms with E-state index >= 15 is 0 Å². The van der Waals surface area contributed by atoms with Crippen molar-refractivity contribution in [1.29, 1.82) is 0 Å². The Labute approximate surface area is 350 Å². The van der Waals surface area contributed by atoms with Gasteiger partial charge in [0.2, 0.25) is 6.79 Å². The second-order valence-electron chi connectivity index (χ2n) is 17.7. The van der Waals surface area contributed by atoms with E-state index in [1.165, 1.54) is 21.1 Å². The van der Waals surface area contributed by atoms with Crippen molar-refractivity contribution in [2.24, 2.45) is 28.8 Å². The highest BCUT2D eigenvalue weighted by Gasteiger charge is 2.53. The fourth-order valence-corrected chi connectivity index (χ4v) is 8.94. The molecule has 0 aromatic rings. The summed E-state index contributed by atoms with van der Waals surface area (Å²) in [5.74, 6) is -4.34. The molecule has 18 nitrogen and oxygen atoms in total. The van der Waals surface area contributed by atoms with Gasteiger partial charge >= 0.3 is 5.97 Å². The van der Waals surface area contributed by atoms with Crippen molar-refractivity contribution in [3.05, 3.63) is 0 Å². The first kappa shape index (κ1) is 51.7. The summed E-state index contributed by atoms with van der Waals surface area (Å²) < 4.78 is 47.9. The topological polar surface area (TPSA) is 237 Å². The van der Waals surface area contributed by atoms with E-state index in [1.807, 2.05) is 4.90 Å². The van der Waals surface area contributed by atoms with Crippen molar-refractivity contribution >= 4 is 11.7 Å². The third kappa shape index (κ3) is 12.5. The van der Waals surface area contributed by atoms with Crippen molar-refractivity contribution in [3.63, 3.8) is 0 Å². The molecule has 59 heavy (non-hydrogen) atoms. The molecule has 0 amide bonds. The Kier molecular flexibility index (Phi) is 19.4. The molecule has 18 heteroatoms. The van der Waals surface area contributed by atoms with Crippen LogP contribution < -0.4 is 0 Å². The molecule has 3 aliphatic rings. The molecular weight excluding hydrogens is 776 g/mol. The summed E-state index contributed by atoms with van der Waals surface area (Å²) >= 11 is 0. The minimum Gasteiger partial charge on any atom is -0.459 e. The van der Waals surface area contributed by atoms with E-state index in [2.05, 4.69) is 5.16 Å². The average molecular weight is 853 g/mol. The Hall–Kier alpha value is -1.62. The Morgan fingerprint density at radius 2 is 1.58 bits per heavy atom. The molecule has 0 unspecified atom stereocenters. The van der Waals surface area contributed by atoms with Gasteiger partial charge in [-0.15, -0.1) is 0 Å². The van der Waals surface area contributed by atoms with Crippen LogP contribution in [0.15, 0.2) is 5.16 Å². The summed E-state index contributed by atoms with van der Waals surface area (Å²) in [6, 6.07) is -0.483. The molecule has 18 atom stereocenters. The number of rotatable bonds is 14. The molecule has 0 aromatic carbocycles. The normalized spacial score (nSPS) is 45.3. The Balaban J connectivity index is 2.23. The maximum absolute atomic E-state index is 14.3. The monoisotopic (exact) mass is 853 g/mol. The maximum atomic E-state index is 14.3. The SMILES string of the molecule is CC[C@H]1OC(=O)[C@H](C)[C@@H](O[C@H]2C[C@@](C)(OC)[C@@H](O)[C@H](C)O2)[C@H](C)[C@@H](O[C@@H]2O[C@H](CO)C[C@H](N(C)C)[C@H]2O)[C@](C)(O)C[C@@H](C)/C(=N\OCOCCOC)[C@H](C)[C@@H](O)[C@]1(C)O.